The number of carbonyl (C=O) groups is 1. The molecule has 4 heteroatoms. The van der Waals surface area contributed by atoms with Gasteiger partial charge >= 0.3 is 5.97 Å². The van der Waals surface area contributed by atoms with E-state index in [1.165, 1.54) is 35.7 Å². The lowest BCUT2D eigenvalue weighted by Crippen LogP contribution is -2.11. The van der Waals surface area contributed by atoms with Crippen LogP contribution in [-0.2, 0) is 17.6 Å². The Bertz CT molecular complexity index is 697. The van der Waals surface area contributed by atoms with Crippen LogP contribution in [0.3, 0.4) is 0 Å². The molecule has 23 heavy (non-hydrogen) atoms. The summed E-state index contributed by atoms with van der Waals surface area (Å²) in [4.78, 5) is 13.2. The van der Waals surface area contributed by atoms with Gasteiger partial charge < -0.3 is 9.47 Å². The van der Waals surface area contributed by atoms with E-state index >= 15 is 0 Å². The van der Waals surface area contributed by atoms with Crippen LogP contribution >= 0.6 is 11.8 Å². The zero-order chi connectivity index (χ0) is 16.1. The Morgan fingerprint density at radius 2 is 1.87 bits per heavy atom. The summed E-state index contributed by atoms with van der Waals surface area (Å²) in [7, 11) is 0. The molecule has 0 N–H and O–H groups in total. The Hall–Kier alpha value is -1.94. The van der Waals surface area contributed by atoms with E-state index < -0.39 is 0 Å². The first-order chi connectivity index (χ1) is 11.3. The van der Waals surface area contributed by atoms with Crippen molar-refractivity contribution in [2.24, 2.45) is 0 Å². The van der Waals surface area contributed by atoms with E-state index in [0.717, 1.165) is 11.3 Å². The second-order valence-corrected chi connectivity index (χ2v) is 6.48. The highest BCUT2D eigenvalue weighted by Crippen LogP contribution is 2.29. The lowest BCUT2D eigenvalue weighted by atomic mass is 10.1. The minimum Gasteiger partial charge on any atom is -0.490 e. The highest BCUT2D eigenvalue weighted by molar-refractivity contribution is 8.00. The molecule has 0 heterocycles. The summed E-state index contributed by atoms with van der Waals surface area (Å²) in [5, 5.41) is 0. The highest BCUT2D eigenvalue weighted by Gasteiger charge is 2.13. The van der Waals surface area contributed by atoms with Crippen LogP contribution in [0, 0.1) is 0 Å². The molecule has 120 valence electrons. The molecule has 0 fully saturated rings. The van der Waals surface area contributed by atoms with E-state index in [2.05, 4.69) is 18.2 Å². The summed E-state index contributed by atoms with van der Waals surface area (Å²) in [6, 6.07) is 13.7. The molecule has 0 saturated carbocycles. The molecule has 2 aromatic rings. The van der Waals surface area contributed by atoms with Crippen LogP contribution in [0.4, 0.5) is 0 Å². The van der Waals surface area contributed by atoms with E-state index in [9.17, 15) is 4.79 Å². The fourth-order valence-corrected chi connectivity index (χ4v) is 3.47. The monoisotopic (exact) mass is 328 g/mol. The Kier molecular flexibility index (Phi) is 5.23. The van der Waals surface area contributed by atoms with Crippen LogP contribution in [0.5, 0.6) is 11.5 Å². The van der Waals surface area contributed by atoms with Gasteiger partial charge in [-0.05, 0) is 61.6 Å². The van der Waals surface area contributed by atoms with Crippen LogP contribution in [-0.4, -0.2) is 18.3 Å². The second-order valence-electron chi connectivity index (χ2n) is 5.43. The Balaban J connectivity index is 1.58. The van der Waals surface area contributed by atoms with Crippen molar-refractivity contribution < 1.29 is 14.3 Å². The minimum atomic E-state index is -0.261. The third-order valence-corrected chi connectivity index (χ3v) is 4.77. The lowest BCUT2D eigenvalue weighted by molar-refractivity contribution is -0.131. The molecule has 3 nitrogen and oxygen atoms in total. The van der Waals surface area contributed by atoms with Crippen LogP contribution in [0.25, 0.3) is 0 Å². The fraction of sp³-hybridized carbons (Fsp3) is 0.316. The van der Waals surface area contributed by atoms with E-state index in [4.69, 9.17) is 9.47 Å². The zero-order valence-corrected chi connectivity index (χ0v) is 14.0. The number of hydrogen-bond donors (Lipinski definition) is 0. The number of thioether (sulfide) groups is 1. The normalized spacial score (nSPS) is 12.7. The SMILES string of the molecule is CCOc1ccccc1OC(=O)CSc1ccc2c(c1)CCC2. The van der Waals surface area contributed by atoms with Crippen molar-refractivity contribution >= 4 is 17.7 Å². The van der Waals surface area contributed by atoms with Gasteiger partial charge in [0.1, 0.15) is 0 Å². The Morgan fingerprint density at radius 1 is 1.09 bits per heavy atom. The predicted molar refractivity (Wildman–Crippen MR) is 92.4 cm³/mol. The maximum absolute atomic E-state index is 12.1. The molecule has 0 radical (unpaired) electrons. The Morgan fingerprint density at radius 3 is 2.70 bits per heavy atom. The van der Waals surface area contributed by atoms with Crippen molar-refractivity contribution in [2.45, 2.75) is 31.1 Å². The van der Waals surface area contributed by atoms with Crippen LogP contribution < -0.4 is 9.47 Å². The number of benzene rings is 2. The molecule has 0 saturated heterocycles. The van der Waals surface area contributed by atoms with Gasteiger partial charge in [0.05, 0.1) is 12.4 Å². The Labute approximate surface area is 141 Å². The van der Waals surface area contributed by atoms with E-state index in [-0.39, 0.29) is 5.97 Å². The van der Waals surface area contributed by atoms with Gasteiger partial charge in [-0.3, -0.25) is 4.79 Å². The molecule has 0 aromatic heterocycles. The minimum absolute atomic E-state index is 0.261. The first kappa shape index (κ1) is 15.9. The fourth-order valence-electron chi connectivity index (χ4n) is 2.74. The number of para-hydroxylation sites is 2. The maximum atomic E-state index is 12.1. The molecular weight excluding hydrogens is 308 g/mol. The van der Waals surface area contributed by atoms with Crippen molar-refractivity contribution in [1.29, 1.82) is 0 Å². The number of rotatable bonds is 6. The number of ether oxygens (including phenoxy) is 2. The summed E-state index contributed by atoms with van der Waals surface area (Å²) >= 11 is 1.52. The number of hydrogen-bond acceptors (Lipinski definition) is 4. The average molecular weight is 328 g/mol. The molecule has 1 aliphatic carbocycles. The maximum Gasteiger partial charge on any atom is 0.321 e. The first-order valence-electron chi connectivity index (χ1n) is 7.93. The summed E-state index contributed by atoms with van der Waals surface area (Å²) in [6.45, 7) is 2.45. The molecule has 0 spiro atoms. The molecule has 2 aromatic carbocycles. The van der Waals surface area contributed by atoms with Gasteiger partial charge in [-0.15, -0.1) is 11.8 Å². The largest absolute Gasteiger partial charge is 0.490 e. The molecular formula is C19H20O3S. The molecule has 0 aliphatic heterocycles. The van der Waals surface area contributed by atoms with Crippen molar-refractivity contribution in [3.8, 4) is 11.5 Å². The van der Waals surface area contributed by atoms with Gasteiger partial charge in [0.2, 0.25) is 0 Å². The van der Waals surface area contributed by atoms with Crippen molar-refractivity contribution in [3.63, 3.8) is 0 Å². The molecule has 1 aliphatic rings. The van der Waals surface area contributed by atoms with E-state index in [1.807, 2.05) is 19.1 Å². The van der Waals surface area contributed by atoms with Gasteiger partial charge in [-0.25, -0.2) is 0 Å². The van der Waals surface area contributed by atoms with Gasteiger partial charge in [0.15, 0.2) is 11.5 Å². The molecule has 0 amide bonds. The summed E-state index contributed by atoms with van der Waals surface area (Å²) in [5.41, 5.74) is 2.87. The van der Waals surface area contributed by atoms with Crippen molar-refractivity contribution in [3.05, 3.63) is 53.6 Å². The van der Waals surface area contributed by atoms with Crippen molar-refractivity contribution in [2.75, 3.05) is 12.4 Å². The second kappa shape index (κ2) is 7.55. The molecule has 0 unspecified atom stereocenters. The third kappa shape index (κ3) is 4.08. The highest BCUT2D eigenvalue weighted by atomic mass is 32.2. The molecule has 0 atom stereocenters. The number of carbonyl (C=O) groups excluding carboxylic acids is 1. The lowest BCUT2D eigenvalue weighted by Gasteiger charge is -2.10. The molecule has 0 bridgehead atoms. The van der Waals surface area contributed by atoms with Crippen LogP contribution in [0.1, 0.15) is 24.5 Å². The zero-order valence-electron chi connectivity index (χ0n) is 13.2. The van der Waals surface area contributed by atoms with E-state index in [1.54, 1.807) is 12.1 Å². The van der Waals surface area contributed by atoms with Gasteiger partial charge in [-0.1, -0.05) is 18.2 Å². The number of aryl methyl sites for hydroxylation is 2. The standard InChI is InChI=1S/C19H20O3S/c1-2-21-17-8-3-4-9-18(17)22-19(20)13-23-16-11-10-14-6-5-7-15(14)12-16/h3-4,8-12H,2,5-7,13H2,1H3. The number of esters is 1. The summed E-state index contributed by atoms with van der Waals surface area (Å²) in [5.74, 6) is 1.11. The van der Waals surface area contributed by atoms with Gasteiger partial charge in [0, 0.05) is 4.90 Å². The van der Waals surface area contributed by atoms with Gasteiger partial charge in [-0.2, -0.15) is 0 Å². The smallest absolute Gasteiger partial charge is 0.321 e. The number of fused-ring (bicyclic) bond motifs is 1. The average Bonchev–Trinajstić information content (AvgIpc) is 3.03. The first-order valence-corrected chi connectivity index (χ1v) is 8.92. The summed E-state index contributed by atoms with van der Waals surface area (Å²) < 4.78 is 10.9. The van der Waals surface area contributed by atoms with Crippen LogP contribution in [0.2, 0.25) is 0 Å². The third-order valence-electron chi connectivity index (χ3n) is 3.80. The van der Waals surface area contributed by atoms with Crippen LogP contribution in [0.15, 0.2) is 47.4 Å². The predicted octanol–water partition coefficient (Wildman–Crippen LogP) is 4.27. The van der Waals surface area contributed by atoms with Crippen molar-refractivity contribution in [1.82, 2.24) is 0 Å². The molecule has 3 rings (SSSR count). The van der Waals surface area contributed by atoms with Gasteiger partial charge in [0.25, 0.3) is 0 Å². The summed E-state index contributed by atoms with van der Waals surface area (Å²) in [6.07, 6.45) is 3.56. The topological polar surface area (TPSA) is 35.5 Å². The van der Waals surface area contributed by atoms with E-state index in [0.29, 0.717) is 23.9 Å². The quantitative estimate of drug-likeness (QED) is 0.451.